The molecule has 5 heteroatoms. The summed E-state index contributed by atoms with van der Waals surface area (Å²) in [5.74, 6) is 1.02. The highest BCUT2D eigenvalue weighted by atomic mass is 16.5. The normalized spacial score (nSPS) is 10.2. The number of para-hydroxylation sites is 1. The number of methoxy groups -OCH3 is 1. The summed E-state index contributed by atoms with van der Waals surface area (Å²) in [5.41, 5.74) is 2.63. The Morgan fingerprint density at radius 3 is 2.31 bits per heavy atom. The van der Waals surface area contributed by atoms with E-state index in [4.69, 9.17) is 4.74 Å². The minimum Gasteiger partial charge on any atom is -0.497 e. The molecular weight excluding hydrogens is 326 g/mol. The van der Waals surface area contributed by atoms with Crippen molar-refractivity contribution in [3.8, 4) is 5.75 Å². The zero-order valence-electron chi connectivity index (χ0n) is 14.8. The first-order valence-electron chi connectivity index (χ1n) is 8.45. The molecule has 132 valence electrons. The van der Waals surface area contributed by atoms with Gasteiger partial charge in [0.1, 0.15) is 11.6 Å². The van der Waals surface area contributed by atoms with Gasteiger partial charge in [-0.1, -0.05) is 18.2 Å². The van der Waals surface area contributed by atoms with Crippen LogP contribution < -0.4 is 15.0 Å². The van der Waals surface area contributed by atoms with Crippen LogP contribution in [0.5, 0.6) is 5.75 Å². The summed E-state index contributed by atoms with van der Waals surface area (Å²) < 4.78 is 5.10. The molecule has 0 unspecified atom stereocenters. The summed E-state index contributed by atoms with van der Waals surface area (Å²) >= 11 is 0. The molecule has 0 saturated carbocycles. The molecule has 1 heterocycles. The van der Waals surface area contributed by atoms with Gasteiger partial charge in [0.15, 0.2) is 0 Å². The molecule has 1 aromatic heterocycles. The van der Waals surface area contributed by atoms with Gasteiger partial charge in [-0.25, -0.2) is 4.98 Å². The highest BCUT2D eigenvalue weighted by Gasteiger charge is 2.10. The van der Waals surface area contributed by atoms with Crippen molar-refractivity contribution >= 4 is 23.1 Å². The van der Waals surface area contributed by atoms with Crippen LogP contribution in [0.2, 0.25) is 0 Å². The Bertz CT molecular complexity index is 847. The zero-order chi connectivity index (χ0) is 18.4. The molecule has 0 aliphatic carbocycles. The molecule has 3 rings (SSSR count). The second kappa shape index (κ2) is 8.16. The topological polar surface area (TPSA) is 54.5 Å². The van der Waals surface area contributed by atoms with Gasteiger partial charge in [-0.2, -0.15) is 0 Å². The van der Waals surface area contributed by atoms with E-state index in [1.54, 1.807) is 37.6 Å². The maximum Gasteiger partial charge on any atom is 0.256 e. The molecule has 0 saturated heterocycles. The average Bonchev–Trinajstić information content (AvgIpc) is 2.70. The molecule has 0 aliphatic rings. The van der Waals surface area contributed by atoms with Gasteiger partial charge in [0, 0.05) is 17.8 Å². The molecule has 5 nitrogen and oxygen atoms in total. The van der Waals surface area contributed by atoms with Crippen LogP contribution in [0, 0.1) is 0 Å². The molecule has 0 bridgehead atoms. The van der Waals surface area contributed by atoms with Crippen LogP contribution in [0.25, 0.3) is 0 Å². The van der Waals surface area contributed by atoms with Crippen molar-refractivity contribution in [2.24, 2.45) is 0 Å². The van der Waals surface area contributed by atoms with E-state index in [2.05, 4.69) is 34.3 Å². The number of nitrogens with one attached hydrogen (secondary N) is 1. The number of ether oxygens (including phenoxy) is 1. The van der Waals surface area contributed by atoms with Gasteiger partial charge in [0.2, 0.25) is 0 Å². The molecule has 0 radical (unpaired) electrons. The molecule has 0 spiro atoms. The third-order valence-electron chi connectivity index (χ3n) is 4.04. The number of aromatic nitrogens is 1. The van der Waals surface area contributed by atoms with Crippen molar-refractivity contribution in [2.75, 3.05) is 23.9 Å². The molecule has 2 aromatic carbocycles. The summed E-state index contributed by atoms with van der Waals surface area (Å²) in [7, 11) is 1.59. The average molecular weight is 347 g/mol. The molecular formula is C21H21N3O2. The van der Waals surface area contributed by atoms with E-state index in [1.165, 1.54) is 0 Å². The lowest BCUT2D eigenvalue weighted by Crippen LogP contribution is -2.17. The molecule has 0 aliphatic heterocycles. The van der Waals surface area contributed by atoms with E-state index in [9.17, 15) is 4.79 Å². The number of carbonyl (C=O) groups excluding carboxylic acids is 1. The number of rotatable bonds is 6. The lowest BCUT2D eigenvalue weighted by atomic mass is 10.2. The van der Waals surface area contributed by atoms with Gasteiger partial charge in [0.25, 0.3) is 5.91 Å². The van der Waals surface area contributed by atoms with E-state index in [0.717, 1.165) is 17.9 Å². The van der Waals surface area contributed by atoms with Crippen molar-refractivity contribution in [2.45, 2.75) is 6.92 Å². The lowest BCUT2D eigenvalue weighted by molar-refractivity contribution is 0.102. The Balaban J connectivity index is 1.71. The molecule has 1 amide bonds. The second-order valence-corrected chi connectivity index (χ2v) is 5.66. The van der Waals surface area contributed by atoms with E-state index < -0.39 is 0 Å². The number of pyridine rings is 1. The lowest BCUT2D eigenvalue weighted by Gasteiger charge is -2.23. The monoisotopic (exact) mass is 347 g/mol. The van der Waals surface area contributed by atoms with E-state index in [1.807, 2.05) is 30.3 Å². The number of hydrogen-bond donors (Lipinski definition) is 1. The van der Waals surface area contributed by atoms with Crippen LogP contribution in [0.15, 0.2) is 72.9 Å². The summed E-state index contributed by atoms with van der Waals surface area (Å²) in [6.07, 6.45) is 1.76. The molecule has 3 aromatic rings. The fraction of sp³-hybridized carbons (Fsp3) is 0.143. The Morgan fingerprint density at radius 2 is 1.73 bits per heavy atom. The first kappa shape index (κ1) is 17.5. The van der Waals surface area contributed by atoms with Crippen molar-refractivity contribution in [1.82, 2.24) is 4.98 Å². The molecule has 0 atom stereocenters. The molecule has 1 N–H and O–H groups in total. The summed E-state index contributed by atoms with van der Waals surface area (Å²) in [6, 6.07) is 20.8. The van der Waals surface area contributed by atoms with E-state index in [0.29, 0.717) is 17.1 Å². The van der Waals surface area contributed by atoms with Gasteiger partial charge >= 0.3 is 0 Å². The van der Waals surface area contributed by atoms with Crippen LogP contribution in [-0.2, 0) is 0 Å². The number of benzene rings is 2. The van der Waals surface area contributed by atoms with E-state index in [-0.39, 0.29) is 5.91 Å². The third-order valence-corrected chi connectivity index (χ3v) is 4.04. The van der Waals surface area contributed by atoms with Gasteiger partial charge in [0.05, 0.1) is 19.0 Å². The van der Waals surface area contributed by atoms with Gasteiger partial charge in [-0.3, -0.25) is 4.79 Å². The van der Waals surface area contributed by atoms with Gasteiger partial charge in [-0.05, 0) is 55.5 Å². The van der Waals surface area contributed by atoms with Crippen LogP contribution in [0.3, 0.4) is 0 Å². The summed E-state index contributed by atoms with van der Waals surface area (Å²) in [6.45, 7) is 2.91. The van der Waals surface area contributed by atoms with Crippen molar-refractivity contribution in [1.29, 1.82) is 0 Å². The maximum absolute atomic E-state index is 12.3. The van der Waals surface area contributed by atoms with Crippen LogP contribution >= 0.6 is 0 Å². The summed E-state index contributed by atoms with van der Waals surface area (Å²) in [5, 5.41) is 2.81. The number of amides is 1. The Hall–Kier alpha value is -3.34. The van der Waals surface area contributed by atoms with Crippen LogP contribution in [-0.4, -0.2) is 24.5 Å². The first-order chi connectivity index (χ1) is 12.7. The third kappa shape index (κ3) is 4.00. The van der Waals surface area contributed by atoms with Crippen LogP contribution in [0.4, 0.5) is 17.2 Å². The van der Waals surface area contributed by atoms with Gasteiger partial charge in [-0.15, -0.1) is 0 Å². The number of anilines is 3. The second-order valence-electron chi connectivity index (χ2n) is 5.66. The highest BCUT2D eigenvalue weighted by molar-refractivity contribution is 6.03. The predicted octanol–water partition coefficient (Wildman–Crippen LogP) is 4.50. The predicted molar refractivity (Wildman–Crippen MR) is 104 cm³/mol. The number of hydrogen-bond acceptors (Lipinski definition) is 4. The largest absolute Gasteiger partial charge is 0.497 e. The fourth-order valence-electron chi connectivity index (χ4n) is 2.67. The highest BCUT2D eigenvalue weighted by Crippen LogP contribution is 2.25. The zero-order valence-corrected chi connectivity index (χ0v) is 14.8. The first-order valence-corrected chi connectivity index (χ1v) is 8.45. The van der Waals surface area contributed by atoms with E-state index >= 15 is 0 Å². The minimum atomic E-state index is -0.205. The number of nitrogens with zero attached hydrogens (tertiary/aromatic N) is 2. The smallest absolute Gasteiger partial charge is 0.256 e. The standard InChI is InChI=1S/C21H21N3O2/c1-3-24(17-7-5-4-6-8-17)18-11-14-20(22-15-18)23-21(25)16-9-12-19(26-2)13-10-16/h4-15H,3H2,1-2H3,(H,22,23,25). The number of carbonyl (C=O) groups is 1. The molecule has 26 heavy (non-hydrogen) atoms. The van der Waals surface area contributed by atoms with Crippen LogP contribution in [0.1, 0.15) is 17.3 Å². The maximum atomic E-state index is 12.3. The Kier molecular flexibility index (Phi) is 5.49. The summed E-state index contributed by atoms with van der Waals surface area (Å²) in [4.78, 5) is 18.8. The van der Waals surface area contributed by atoms with Crippen molar-refractivity contribution in [3.63, 3.8) is 0 Å². The SMILES string of the molecule is CCN(c1ccccc1)c1ccc(NC(=O)c2ccc(OC)cc2)nc1. The van der Waals surface area contributed by atoms with Gasteiger partial charge < -0.3 is 15.0 Å². The minimum absolute atomic E-state index is 0.205. The van der Waals surface area contributed by atoms with Crippen molar-refractivity contribution < 1.29 is 9.53 Å². The quantitative estimate of drug-likeness (QED) is 0.713. The Morgan fingerprint density at radius 1 is 1.00 bits per heavy atom. The molecule has 0 fully saturated rings. The Labute approximate surface area is 153 Å². The fourth-order valence-corrected chi connectivity index (χ4v) is 2.67. The van der Waals surface area contributed by atoms with Crippen molar-refractivity contribution in [3.05, 3.63) is 78.5 Å².